The third-order valence-electron chi connectivity index (χ3n) is 5.94. The first-order valence-electron chi connectivity index (χ1n) is 9.65. The van der Waals surface area contributed by atoms with Gasteiger partial charge in [0.25, 0.3) is 0 Å². The van der Waals surface area contributed by atoms with Crippen LogP contribution in [0.5, 0.6) is 0 Å². The van der Waals surface area contributed by atoms with Gasteiger partial charge in [0, 0.05) is 28.9 Å². The van der Waals surface area contributed by atoms with Crippen LogP contribution in [0.15, 0.2) is 48.0 Å². The Morgan fingerprint density at radius 2 is 1.70 bits per heavy atom. The summed E-state index contributed by atoms with van der Waals surface area (Å²) in [4.78, 5) is 27.7. The normalized spacial score (nSPS) is 20.5. The lowest BCUT2D eigenvalue weighted by atomic mass is 9.79. The Labute approximate surface area is 160 Å². The topological polar surface area (TPSA) is 37.4 Å². The van der Waals surface area contributed by atoms with Crippen molar-refractivity contribution in [3.8, 4) is 0 Å². The van der Waals surface area contributed by atoms with Gasteiger partial charge in [0.1, 0.15) is 0 Å². The largest absolute Gasteiger partial charge is 0.366 e. The number of ketones is 2. The first kappa shape index (κ1) is 17.7. The van der Waals surface area contributed by atoms with Gasteiger partial charge in [0.05, 0.1) is 5.57 Å². The fourth-order valence-electron chi connectivity index (χ4n) is 4.77. The summed E-state index contributed by atoms with van der Waals surface area (Å²) in [7, 11) is 0. The minimum atomic E-state index is -0.169. The molecule has 4 rings (SSSR count). The third-order valence-corrected chi connectivity index (χ3v) is 5.94. The first-order chi connectivity index (χ1) is 12.8. The molecule has 2 aromatic carbocycles. The number of benzene rings is 2. The molecule has 0 aromatic heterocycles. The van der Waals surface area contributed by atoms with Crippen LogP contribution in [0, 0.1) is 0 Å². The highest BCUT2D eigenvalue weighted by Crippen LogP contribution is 2.43. The molecule has 0 N–H and O–H groups in total. The van der Waals surface area contributed by atoms with Gasteiger partial charge in [-0.3, -0.25) is 9.59 Å². The quantitative estimate of drug-likeness (QED) is 0.542. The maximum absolute atomic E-state index is 12.7. The maximum atomic E-state index is 12.7. The van der Waals surface area contributed by atoms with Gasteiger partial charge < -0.3 is 4.90 Å². The Bertz CT molecular complexity index is 947. The Kier molecular flexibility index (Phi) is 4.06. The standard InChI is InChI=1S/C24H25NO2/c1-5-25-21-11-10-16(12-19(21)15(2)14-24(25,3)4)13-20-22(26)17-8-6-7-9-18(17)23(20)27/h6-13,15H,5,14H2,1-4H3/t15-/m1/s1. The van der Waals surface area contributed by atoms with Crippen LogP contribution in [0.25, 0.3) is 6.08 Å². The van der Waals surface area contributed by atoms with E-state index in [1.165, 1.54) is 11.3 Å². The molecule has 2 aromatic rings. The second-order valence-electron chi connectivity index (χ2n) is 8.24. The summed E-state index contributed by atoms with van der Waals surface area (Å²) in [5.74, 6) is 0.0960. The number of Topliss-reactive ketones (excluding diaryl/α,β-unsaturated/α-hetero) is 2. The summed E-state index contributed by atoms with van der Waals surface area (Å²) in [5.41, 5.74) is 4.89. The summed E-state index contributed by atoms with van der Waals surface area (Å²) in [6, 6.07) is 13.4. The van der Waals surface area contributed by atoms with E-state index in [0.717, 1.165) is 18.5 Å². The lowest BCUT2D eigenvalue weighted by molar-refractivity contribution is 0.0990. The molecule has 3 nitrogen and oxygen atoms in total. The zero-order chi connectivity index (χ0) is 19.3. The monoisotopic (exact) mass is 359 g/mol. The van der Waals surface area contributed by atoms with Crippen molar-refractivity contribution < 1.29 is 9.59 Å². The molecule has 0 radical (unpaired) electrons. The number of carbonyl (C=O) groups excluding carboxylic acids is 2. The number of nitrogens with zero attached hydrogens (tertiary/aromatic N) is 1. The molecule has 0 amide bonds. The molecular weight excluding hydrogens is 334 g/mol. The highest BCUT2D eigenvalue weighted by atomic mass is 16.2. The van der Waals surface area contributed by atoms with Crippen molar-refractivity contribution in [2.24, 2.45) is 0 Å². The lowest BCUT2D eigenvalue weighted by Crippen LogP contribution is -2.48. The average Bonchev–Trinajstić information content (AvgIpc) is 2.87. The molecule has 0 saturated heterocycles. The number of hydrogen-bond acceptors (Lipinski definition) is 3. The van der Waals surface area contributed by atoms with Crippen LogP contribution in [-0.4, -0.2) is 23.7 Å². The highest BCUT2D eigenvalue weighted by Gasteiger charge is 2.36. The molecule has 0 saturated carbocycles. The summed E-state index contributed by atoms with van der Waals surface area (Å²) in [6.07, 6.45) is 2.84. The SMILES string of the molecule is CCN1c2ccc(C=C3C(=O)c4ccccc4C3=O)cc2[C@H](C)CC1(C)C. The molecule has 1 aliphatic heterocycles. The van der Waals surface area contributed by atoms with E-state index in [4.69, 9.17) is 0 Å². The van der Waals surface area contributed by atoms with E-state index in [1.54, 1.807) is 30.3 Å². The van der Waals surface area contributed by atoms with Gasteiger partial charge in [0.2, 0.25) is 0 Å². The summed E-state index contributed by atoms with van der Waals surface area (Å²) >= 11 is 0. The van der Waals surface area contributed by atoms with E-state index in [0.29, 0.717) is 17.0 Å². The molecule has 27 heavy (non-hydrogen) atoms. The highest BCUT2D eigenvalue weighted by molar-refractivity contribution is 6.41. The van der Waals surface area contributed by atoms with Crippen LogP contribution in [0.1, 0.15) is 71.9 Å². The fraction of sp³-hybridized carbons (Fsp3) is 0.333. The first-order valence-corrected chi connectivity index (χ1v) is 9.65. The van der Waals surface area contributed by atoms with Crippen LogP contribution < -0.4 is 4.90 Å². The Hall–Kier alpha value is -2.68. The maximum Gasteiger partial charge on any atom is 0.197 e. The molecule has 0 unspecified atom stereocenters. The predicted molar refractivity (Wildman–Crippen MR) is 110 cm³/mol. The minimum absolute atomic E-state index is 0.125. The number of anilines is 1. The Morgan fingerprint density at radius 1 is 1.07 bits per heavy atom. The molecule has 3 heteroatoms. The van der Waals surface area contributed by atoms with Gasteiger partial charge >= 0.3 is 0 Å². The minimum Gasteiger partial charge on any atom is -0.366 e. The Morgan fingerprint density at radius 3 is 2.30 bits per heavy atom. The predicted octanol–water partition coefficient (Wildman–Crippen LogP) is 5.26. The zero-order valence-electron chi connectivity index (χ0n) is 16.4. The second-order valence-corrected chi connectivity index (χ2v) is 8.24. The molecule has 1 aliphatic carbocycles. The molecule has 138 valence electrons. The molecule has 0 bridgehead atoms. The second kappa shape index (κ2) is 6.19. The van der Waals surface area contributed by atoms with Crippen molar-refractivity contribution in [1.82, 2.24) is 0 Å². The average molecular weight is 359 g/mol. The number of carbonyl (C=O) groups is 2. The van der Waals surface area contributed by atoms with Crippen LogP contribution in [0.2, 0.25) is 0 Å². The third kappa shape index (κ3) is 2.73. The van der Waals surface area contributed by atoms with E-state index in [9.17, 15) is 9.59 Å². The molecular formula is C24H25NO2. The van der Waals surface area contributed by atoms with Crippen molar-refractivity contribution in [2.45, 2.75) is 45.6 Å². The molecule has 1 heterocycles. The lowest BCUT2D eigenvalue weighted by Gasteiger charge is -2.47. The number of hydrogen-bond donors (Lipinski definition) is 0. The van der Waals surface area contributed by atoms with Gasteiger partial charge in [-0.05, 0) is 62.4 Å². The van der Waals surface area contributed by atoms with E-state index in [2.05, 4.69) is 44.7 Å². The van der Waals surface area contributed by atoms with Gasteiger partial charge in [-0.15, -0.1) is 0 Å². The van der Waals surface area contributed by atoms with Gasteiger partial charge in [0.15, 0.2) is 11.6 Å². The van der Waals surface area contributed by atoms with Crippen molar-refractivity contribution in [3.63, 3.8) is 0 Å². The van der Waals surface area contributed by atoms with Crippen molar-refractivity contribution in [1.29, 1.82) is 0 Å². The zero-order valence-corrected chi connectivity index (χ0v) is 16.4. The number of rotatable bonds is 2. The molecule has 2 aliphatic rings. The van der Waals surface area contributed by atoms with E-state index in [1.807, 2.05) is 6.07 Å². The van der Waals surface area contributed by atoms with Gasteiger partial charge in [-0.2, -0.15) is 0 Å². The fourth-order valence-corrected chi connectivity index (χ4v) is 4.77. The summed E-state index contributed by atoms with van der Waals surface area (Å²) < 4.78 is 0. The van der Waals surface area contributed by atoms with Crippen LogP contribution >= 0.6 is 0 Å². The molecule has 1 atom stereocenters. The van der Waals surface area contributed by atoms with E-state index >= 15 is 0 Å². The van der Waals surface area contributed by atoms with Gasteiger partial charge in [-0.1, -0.05) is 37.3 Å². The smallest absolute Gasteiger partial charge is 0.197 e. The summed E-state index contributed by atoms with van der Waals surface area (Å²) in [6.45, 7) is 9.98. The van der Waals surface area contributed by atoms with Crippen molar-refractivity contribution in [3.05, 3.63) is 70.3 Å². The van der Waals surface area contributed by atoms with Crippen LogP contribution in [0.3, 0.4) is 0 Å². The van der Waals surface area contributed by atoms with Crippen molar-refractivity contribution in [2.75, 3.05) is 11.4 Å². The molecule has 0 fully saturated rings. The van der Waals surface area contributed by atoms with Gasteiger partial charge in [-0.25, -0.2) is 0 Å². The van der Waals surface area contributed by atoms with E-state index < -0.39 is 0 Å². The van der Waals surface area contributed by atoms with Crippen LogP contribution in [0.4, 0.5) is 5.69 Å². The van der Waals surface area contributed by atoms with E-state index in [-0.39, 0.29) is 22.7 Å². The molecule has 0 spiro atoms. The number of fused-ring (bicyclic) bond motifs is 2. The van der Waals surface area contributed by atoms with Crippen LogP contribution in [-0.2, 0) is 0 Å². The van der Waals surface area contributed by atoms with Crippen molar-refractivity contribution >= 4 is 23.3 Å². The Balaban J connectivity index is 1.76. The summed E-state index contributed by atoms with van der Waals surface area (Å²) in [5, 5.41) is 0. The number of allylic oxidation sites excluding steroid dienone is 1.